The van der Waals surface area contributed by atoms with Gasteiger partial charge in [-0.2, -0.15) is 5.10 Å². The summed E-state index contributed by atoms with van der Waals surface area (Å²) in [5.74, 6) is -0.154. The minimum absolute atomic E-state index is 0.0763. The maximum absolute atomic E-state index is 13.1. The van der Waals surface area contributed by atoms with E-state index >= 15 is 0 Å². The first-order valence-corrected chi connectivity index (χ1v) is 10.9. The van der Waals surface area contributed by atoms with E-state index in [1.165, 1.54) is 19.8 Å². The monoisotopic (exact) mass is 483 g/mol. The molecule has 0 bridgehead atoms. The average molecular weight is 483 g/mol. The lowest BCUT2D eigenvalue weighted by molar-refractivity contribution is 0.0995. The van der Waals surface area contributed by atoms with Crippen LogP contribution in [0, 0.1) is 13.8 Å². The van der Waals surface area contributed by atoms with E-state index in [-0.39, 0.29) is 22.6 Å². The lowest BCUT2D eigenvalue weighted by Crippen LogP contribution is -2.21. The first-order valence-electron chi connectivity index (χ1n) is 10.9. The minimum atomic E-state index is -0.598. The number of anilines is 1. The largest absolute Gasteiger partial charge is 0.366 e. The number of aromatic nitrogens is 7. The van der Waals surface area contributed by atoms with Crippen LogP contribution in [0.5, 0.6) is 0 Å². The van der Waals surface area contributed by atoms with E-state index in [1.807, 2.05) is 0 Å². The predicted octanol–water partition coefficient (Wildman–Crippen LogP) is 1.64. The normalized spacial score (nSPS) is 11.1. The Morgan fingerprint density at radius 1 is 1.00 bits per heavy atom. The molecule has 3 heterocycles. The number of nitrogens with two attached hydrogens (primary N) is 1. The Kier molecular flexibility index (Phi) is 5.40. The molecule has 0 aliphatic rings. The van der Waals surface area contributed by atoms with Crippen LogP contribution in [0.2, 0.25) is 0 Å². The van der Waals surface area contributed by atoms with Gasteiger partial charge in [0.05, 0.1) is 17.6 Å². The molecule has 36 heavy (non-hydrogen) atoms. The van der Waals surface area contributed by atoms with Gasteiger partial charge in [0.2, 0.25) is 5.91 Å². The Morgan fingerprint density at radius 2 is 1.75 bits per heavy atom. The fraction of sp³-hybridized carbons (Fsp3) is 0.125. The summed E-state index contributed by atoms with van der Waals surface area (Å²) in [5.41, 5.74) is 8.01. The Balaban J connectivity index is 1.49. The molecule has 0 aliphatic heterocycles. The third-order valence-corrected chi connectivity index (χ3v) is 5.53. The van der Waals surface area contributed by atoms with Crippen molar-refractivity contribution in [2.24, 2.45) is 12.8 Å². The minimum Gasteiger partial charge on any atom is -0.366 e. The second-order valence-electron chi connectivity index (χ2n) is 8.17. The molecule has 2 amide bonds. The fourth-order valence-electron chi connectivity index (χ4n) is 3.87. The summed E-state index contributed by atoms with van der Waals surface area (Å²) in [4.78, 5) is 45.8. The number of hydrogen-bond donors (Lipinski definition) is 2. The van der Waals surface area contributed by atoms with E-state index < -0.39 is 11.8 Å². The summed E-state index contributed by atoms with van der Waals surface area (Å²) in [7, 11) is 1.60. The van der Waals surface area contributed by atoms with Crippen LogP contribution in [0.3, 0.4) is 0 Å². The van der Waals surface area contributed by atoms with Crippen LogP contribution < -0.4 is 16.7 Å². The van der Waals surface area contributed by atoms with Gasteiger partial charge >= 0.3 is 5.69 Å². The number of aryl methyl sites for hydroxylation is 3. The number of amides is 2. The van der Waals surface area contributed by atoms with Crippen LogP contribution in [0.15, 0.2) is 59.5 Å². The van der Waals surface area contributed by atoms with Gasteiger partial charge in [-0.05, 0) is 56.3 Å². The predicted molar refractivity (Wildman–Crippen MR) is 131 cm³/mol. The van der Waals surface area contributed by atoms with Crippen molar-refractivity contribution in [3.05, 3.63) is 88.0 Å². The van der Waals surface area contributed by atoms with Gasteiger partial charge in [-0.25, -0.2) is 28.5 Å². The molecule has 0 saturated carbocycles. The molecule has 3 aromatic heterocycles. The molecule has 0 atom stereocenters. The van der Waals surface area contributed by atoms with Crippen LogP contribution in [0.1, 0.15) is 32.4 Å². The Hall–Kier alpha value is -5.13. The van der Waals surface area contributed by atoms with Crippen molar-refractivity contribution in [2.75, 3.05) is 5.32 Å². The quantitative estimate of drug-likeness (QED) is 0.385. The summed E-state index contributed by atoms with van der Waals surface area (Å²) in [6, 6.07) is 13.4. The number of primary amides is 1. The molecule has 0 saturated heterocycles. The highest BCUT2D eigenvalue weighted by Gasteiger charge is 2.19. The van der Waals surface area contributed by atoms with Gasteiger partial charge in [0.1, 0.15) is 5.82 Å². The van der Waals surface area contributed by atoms with Crippen LogP contribution >= 0.6 is 0 Å². The zero-order valence-electron chi connectivity index (χ0n) is 19.6. The van der Waals surface area contributed by atoms with E-state index in [2.05, 4.69) is 25.5 Å². The number of carbonyl (C=O) groups is 2. The molecule has 0 spiro atoms. The van der Waals surface area contributed by atoms with Gasteiger partial charge < -0.3 is 11.1 Å². The van der Waals surface area contributed by atoms with Crippen molar-refractivity contribution in [3.8, 4) is 17.1 Å². The summed E-state index contributed by atoms with van der Waals surface area (Å²) in [5, 5.41) is 11.4. The molecule has 0 radical (unpaired) electrons. The molecule has 5 aromatic rings. The van der Waals surface area contributed by atoms with Gasteiger partial charge in [-0.1, -0.05) is 6.07 Å². The standard InChI is InChI=1S/C24H21N9O3/c1-13-12-32-22(19(26-13)23(35)27-17-6-4-5-16(11-17)20(25)34)28-21(30-32)15-7-9-18(10-8-15)33-14(2)29-31(3)24(33)36/h4-12H,1-3H3,(H2,25,34)(H,27,35). The van der Waals surface area contributed by atoms with Gasteiger partial charge in [0.25, 0.3) is 5.91 Å². The molecule has 12 heteroatoms. The molecular weight excluding hydrogens is 462 g/mol. The molecular formula is C24H21N9O3. The van der Waals surface area contributed by atoms with Crippen molar-refractivity contribution >= 4 is 23.1 Å². The molecule has 12 nitrogen and oxygen atoms in total. The number of carbonyl (C=O) groups excluding carboxylic acids is 2. The Labute approximate surface area is 204 Å². The number of rotatable bonds is 5. The van der Waals surface area contributed by atoms with E-state index in [9.17, 15) is 14.4 Å². The number of nitrogens with one attached hydrogen (secondary N) is 1. The first-order chi connectivity index (χ1) is 17.2. The number of nitrogens with zero attached hydrogens (tertiary/aromatic N) is 7. The van der Waals surface area contributed by atoms with Crippen molar-refractivity contribution in [3.63, 3.8) is 0 Å². The SMILES string of the molecule is Cc1cn2nc(-c3ccc(-n4c(C)nn(C)c4=O)cc3)nc2c(C(=O)Nc2cccc(C(N)=O)c2)n1. The van der Waals surface area contributed by atoms with Crippen molar-refractivity contribution < 1.29 is 9.59 Å². The summed E-state index contributed by atoms with van der Waals surface area (Å²) in [6.45, 7) is 3.50. The molecule has 5 rings (SSSR count). The van der Waals surface area contributed by atoms with Crippen LogP contribution in [-0.4, -0.2) is 45.7 Å². The molecule has 0 aliphatic carbocycles. The first kappa shape index (κ1) is 22.7. The summed E-state index contributed by atoms with van der Waals surface area (Å²) in [6.07, 6.45) is 1.67. The van der Waals surface area contributed by atoms with Gasteiger partial charge in [0, 0.05) is 23.9 Å². The number of hydrogen-bond acceptors (Lipinski definition) is 7. The van der Waals surface area contributed by atoms with Crippen molar-refractivity contribution in [1.82, 2.24) is 33.9 Å². The third kappa shape index (κ3) is 4.00. The van der Waals surface area contributed by atoms with Crippen LogP contribution in [-0.2, 0) is 7.05 Å². The third-order valence-electron chi connectivity index (χ3n) is 5.53. The lowest BCUT2D eigenvalue weighted by Gasteiger charge is -2.07. The molecule has 0 unspecified atom stereocenters. The fourth-order valence-corrected chi connectivity index (χ4v) is 3.87. The maximum atomic E-state index is 13.1. The zero-order valence-corrected chi connectivity index (χ0v) is 19.6. The summed E-state index contributed by atoms with van der Waals surface area (Å²) < 4.78 is 4.28. The number of fused-ring (bicyclic) bond motifs is 1. The molecule has 180 valence electrons. The van der Waals surface area contributed by atoms with Gasteiger partial charge in [-0.3, -0.25) is 9.59 Å². The number of benzene rings is 2. The highest BCUT2D eigenvalue weighted by atomic mass is 16.2. The van der Waals surface area contributed by atoms with Gasteiger partial charge in [-0.15, -0.1) is 5.10 Å². The topological polar surface area (TPSA) is 155 Å². The zero-order chi connectivity index (χ0) is 25.6. The van der Waals surface area contributed by atoms with E-state index in [1.54, 1.807) is 69.6 Å². The smallest absolute Gasteiger partial charge is 0.350 e. The highest BCUT2D eigenvalue weighted by molar-refractivity contribution is 6.07. The van der Waals surface area contributed by atoms with E-state index in [0.29, 0.717) is 34.3 Å². The second kappa shape index (κ2) is 8.58. The molecule has 3 N–H and O–H groups in total. The van der Waals surface area contributed by atoms with E-state index in [4.69, 9.17) is 5.73 Å². The maximum Gasteiger partial charge on any atom is 0.350 e. The second-order valence-corrected chi connectivity index (χ2v) is 8.17. The van der Waals surface area contributed by atoms with E-state index in [0.717, 1.165) is 0 Å². The highest BCUT2D eigenvalue weighted by Crippen LogP contribution is 2.21. The van der Waals surface area contributed by atoms with Crippen molar-refractivity contribution in [2.45, 2.75) is 13.8 Å². The van der Waals surface area contributed by atoms with Gasteiger partial charge in [0.15, 0.2) is 17.2 Å². The average Bonchev–Trinajstić information content (AvgIpc) is 3.38. The Bertz CT molecular complexity index is 1710. The molecule has 2 aromatic carbocycles. The lowest BCUT2D eigenvalue weighted by atomic mass is 10.2. The molecule has 0 fully saturated rings. The summed E-state index contributed by atoms with van der Waals surface area (Å²) >= 11 is 0. The van der Waals surface area contributed by atoms with Crippen LogP contribution in [0.4, 0.5) is 5.69 Å². The van der Waals surface area contributed by atoms with Crippen LogP contribution in [0.25, 0.3) is 22.7 Å². The Morgan fingerprint density at radius 3 is 2.42 bits per heavy atom. The van der Waals surface area contributed by atoms with Crippen molar-refractivity contribution in [1.29, 1.82) is 0 Å².